The van der Waals surface area contributed by atoms with Gasteiger partial charge in [-0.2, -0.15) is 5.26 Å². The number of aliphatic imine (C=N–C) groups is 1. The van der Waals surface area contributed by atoms with Crippen molar-refractivity contribution in [3.8, 4) is 11.9 Å². The number of aromatic nitrogens is 5. The van der Waals surface area contributed by atoms with Crippen LogP contribution in [-0.4, -0.2) is 44.0 Å². The zero-order valence-electron chi connectivity index (χ0n) is 14.0. The second-order valence-electron chi connectivity index (χ2n) is 5.77. The smallest absolute Gasteiger partial charge is 0.361 e. The minimum atomic E-state index is -0.723. The molecule has 2 aromatic heterocycles. The quantitative estimate of drug-likeness (QED) is 0.617. The molecule has 132 valence electrons. The lowest BCUT2D eigenvalue weighted by atomic mass is 10.1. The van der Waals surface area contributed by atoms with Crippen molar-refractivity contribution in [3.63, 3.8) is 0 Å². The van der Waals surface area contributed by atoms with Gasteiger partial charge in [0, 0.05) is 5.56 Å². The average Bonchev–Trinajstić information content (AvgIpc) is 3.43. The molecule has 0 N–H and O–H groups in total. The second-order valence-corrected chi connectivity index (χ2v) is 5.77. The number of hydrogen-bond acceptors (Lipinski definition) is 9. The largest absolute Gasteiger partial charge is 0.464 e. The lowest BCUT2D eigenvalue weighted by Gasteiger charge is -2.36. The van der Waals surface area contributed by atoms with E-state index in [0.29, 0.717) is 0 Å². The van der Waals surface area contributed by atoms with Crippen LogP contribution in [0.3, 0.4) is 0 Å². The van der Waals surface area contributed by atoms with Gasteiger partial charge in [-0.15, -0.1) is 9.78 Å². The van der Waals surface area contributed by atoms with E-state index in [0.717, 1.165) is 21.8 Å². The Morgan fingerprint density at radius 3 is 3.00 bits per heavy atom. The van der Waals surface area contributed by atoms with Crippen molar-refractivity contribution in [3.05, 3.63) is 48.0 Å². The van der Waals surface area contributed by atoms with Crippen molar-refractivity contribution in [1.29, 1.82) is 5.26 Å². The van der Waals surface area contributed by atoms with Crippen LogP contribution in [0.15, 0.2) is 41.8 Å². The van der Waals surface area contributed by atoms with E-state index in [9.17, 15) is 10.1 Å². The molecule has 5 rings (SSSR count). The molecule has 1 unspecified atom stereocenters. The van der Waals surface area contributed by atoms with Crippen LogP contribution < -0.4 is 10.0 Å². The number of fused-ring (bicyclic) bond motifs is 6. The highest BCUT2D eigenvalue weighted by Gasteiger charge is 2.41. The standard InChI is InChI=1S/C16H11N9O2/c1-27-16(26)13-15(20-21-23(13)7-17)24-9-19-14-10-4-2-3-5-11(10)22-8-18-6-12(22)25(14)24/h2-6,8-9,14H,1H3. The number of nitriles is 1. The average molecular weight is 361 g/mol. The summed E-state index contributed by atoms with van der Waals surface area (Å²) in [6, 6.07) is 7.84. The van der Waals surface area contributed by atoms with Crippen LogP contribution in [0.1, 0.15) is 22.2 Å². The summed E-state index contributed by atoms with van der Waals surface area (Å²) < 4.78 is 7.52. The highest BCUT2D eigenvalue weighted by atomic mass is 16.5. The number of para-hydroxylation sites is 1. The molecule has 2 aliphatic rings. The Balaban J connectivity index is 1.68. The van der Waals surface area contributed by atoms with Gasteiger partial charge in [-0.25, -0.2) is 24.8 Å². The van der Waals surface area contributed by atoms with E-state index in [-0.39, 0.29) is 17.7 Å². The minimum Gasteiger partial charge on any atom is -0.464 e. The molecule has 2 aliphatic heterocycles. The molecule has 0 saturated heterocycles. The molecule has 0 radical (unpaired) electrons. The Morgan fingerprint density at radius 1 is 1.33 bits per heavy atom. The summed E-state index contributed by atoms with van der Waals surface area (Å²) in [5.41, 5.74) is 1.85. The van der Waals surface area contributed by atoms with Gasteiger partial charge in [0.05, 0.1) is 19.0 Å². The molecule has 4 heterocycles. The Bertz CT molecular complexity index is 1140. The van der Waals surface area contributed by atoms with Gasteiger partial charge in [-0.05, 0) is 11.3 Å². The number of methoxy groups -OCH3 is 1. The van der Waals surface area contributed by atoms with Crippen LogP contribution in [0.4, 0.5) is 11.6 Å². The van der Waals surface area contributed by atoms with Crippen molar-refractivity contribution < 1.29 is 9.53 Å². The first-order chi connectivity index (χ1) is 13.2. The van der Waals surface area contributed by atoms with Gasteiger partial charge >= 0.3 is 5.97 Å². The second kappa shape index (κ2) is 5.40. The van der Waals surface area contributed by atoms with Crippen molar-refractivity contribution >= 4 is 23.9 Å². The number of ether oxygens (including phenoxy) is 1. The van der Waals surface area contributed by atoms with E-state index < -0.39 is 5.97 Å². The van der Waals surface area contributed by atoms with Gasteiger partial charge in [0.15, 0.2) is 12.0 Å². The fraction of sp³-hybridized carbons (Fsp3) is 0.125. The van der Waals surface area contributed by atoms with Crippen molar-refractivity contribution in [2.45, 2.75) is 6.17 Å². The predicted molar refractivity (Wildman–Crippen MR) is 92.1 cm³/mol. The molecule has 27 heavy (non-hydrogen) atoms. The van der Waals surface area contributed by atoms with Crippen LogP contribution in [0.2, 0.25) is 0 Å². The van der Waals surface area contributed by atoms with E-state index in [4.69, 9.17) is 4.74 Å². The number of rotatable bonds is 2. The summed E-state index contributed by atoms with van der Waals surface area (Å²) in [7, 11) is 1.23. The molecule has 11 nitrogen and oxygen atoms in total. The number of carbonyl (C=O) groups is 1. The Kier molecular flexibility index (Phi) is 3.02. The Hall–Kier alpha value is -4.20. The molecule has 1 atom stereocenters. The number of benzene rings is 1. The summed E-state index contributed by atoms with van der Waals surface area (Å²) in [5, 5.41) is 20.3. The summed E-state index contributed by atoms with van der Waals surface area (Å²) in [6.07, 6.45) is 6.37. The molecule has 0 aliphatic carbocycles. The molecule has 0 fully saturated rings. The van der Waals surface area contributed by atoms with Crippen LogP contribution in [0, 0.1) is 11.5 Å². The lowest BCUT2D eigenvalue weighted by molar-refractivity contribution is 0.0591. The summed E-state index contributed by atoms with van der Waals surface area (Å²) in [4.78, 5) is 21.0. The van der Waals surface area contributed by atoms with Crippen molar-refractivity contribution in [2.24, 2.45) is 4.99 Å². The molecule has 3 aromatic rings. The molecular formula is C16H11N9O2. The Morgan fingerprint density at radius 2 is 2.19 bits per heavy atom. The summed E-state index contributed by atoms with van der Waals surface area (Å²) in [6.45, 7) is 0. The number of imidazole rings is 1. The van der Waals surface area contributed by atoms with Gasteiger partial charge in [-0.3, -0.25) is 4.57 Å². The fourth-order valence-electron chi connectivity index (χ4n) is 3.31. The van der Waals surface area contributed by atoms with Gasteiger partial charge in [-0.1, -0.05) is 18.2 Å². The van der Waals surface area contributed by atoms with Crippen LogP contribution in [-0.2, 0) is 4.74 Å². The first kappa shape index (κ1) is 15.1. The number of carbonyl (C=O) groups excluding carboxylic acids is 1. The minimum absolute atomic E-state index is 0.0861. The predicted octanol–water partition coefficient (Wildman–Crippen LogP) is 0.862. The van der Waals surface area contributed by atoms with Crippen molar-refractivity contribution in [1.82, 2.24) is 24.5 Å². The molecule has 0 bridgehead atoms. The Labute approximate surface area is 152 Å². The van der Waals surface area contributed by atoms with Crippen LogP contribution >= 0.6 is 0 Å². The first-order valence-electron chi connectivity index (χ1n) is 7.92. The lowest BCUT2D eigenvalue weighted by Crippen LogP contribution is -2.43. The van der Waals surface area contributed by atoms with E-state index in [1.165, 1.54) is 7.11 Å². The third-order valence-electron chi connectivity index (χ3n) is 4.45. The van der Waals surface area contributed by atoms with E-state index >= 15 is 0 Å². The zero-order valence-corrected chi connectivity index (χ0v) is 14.0. The molecule has 0 amide bonds. The normalized spacial score (nSPS) is 16.5. The third-order valence-corrected chi connectivity index (χ3v) is 4.45. The SMILES string of the molecule is COC(=O)c1c(N2C=NC3c4ccccc4-n4cncc4N32)nnn1C#N. The maximum Gasteiger partial charge on any atom is 0.361 e. The number of nitrogens with zero attached hydrogens (tertiary/aromatic N) is 9. The van der Waals surface area contributed by atoms with Gasteiger partial charge in [0.25, 0.3) is 0 Å². The number of anilines is 2. The van der Waals surface area contributed by atoms with E-state index in [1.54, 1.807) is 30.1 Å². The monoisotopic (exact) mass is 361 g/mol. The van der Waals surface area contributed by atoms with Crippen LogP contribution in [0.5, 0.6) is 0 Å². The zero-order chi connectivity index (χ0) is 18.5. The maximum absolute atomic E-state index is 12.2. The van der Waals surface area contributed by atoms with Gasteiger partial charge in [0.2, 0.25) is 17.7 Å². The van der Waals surface area contributed by atoms with E-state index in [2.05, 4.69) is 20.3 Å². The maximum atomic E-state index is 12.2. The van der Waals surface area contributed by atoms with Crippen molar-refractivity contribution in [2.75, 3.05) is 17.1 Å². The summed E-state index contributed by atoms with van der Waals surface area (Å²) in [5.74, 6) is 0.152. The number of esters is 1. The molecule has 0 saturated carbocycles. The highest BCUT2D eigenvalue weighted by Crippen LogP contribution is 2.42. The topological polar surface area (TPSA) is 117 Å². The van der Waals surface area contributed by atoms with Crippen LogP contribution in [0.25, 0.3) is 5.69 Å². The fourth-order valence-corrected chi connectivity index (χ4v) is 3.31. The van der Waals surface area contributed by atoms with Gasteiger partial charge in [0.1, 0.15) is 12.7 Å². The summed E-state index contributed by atoms with van der Waals surface area (Å²) >= 11 is 0. The highest BCUT2D eigenvalue weighted by molar-refractivity contribution is 5.98. The van der Waals surface area contributed by atoms with Gasteiger partial charge < -0.3 is 4.74 Å². The van der Waals surface area contributed by atoms with E-state index in [1.807, 2.05) is 33.8 Å². The molecule has 1 aromatic carbocycles. The molecular weight excluding hydrogens is 350 g/mol. The first-order valence-corrected chi connectivity index (χ1v) is 7.92. The third kappa shape index (κ3) is 1.92. The number of hydrazine groups is 1. The molecule has 11 heteroatoms. The number of hydrogen-bond donors (Lipinski definition) is 0. The molecule has 0 spiro atoms.